The third kappa shape index (κ3) is 6.93. The topological polar surface area (TPSA) is 103 Å². The van der Waals surface area contributed by atoms with Crippen LogP contribution in [0.25, 0.3) is 10.4 Å². The zero-order valence-corrected chi connectivity index (χ0v) is 22.3. The summed E-state index contributed by atoms with van der Waals surface area (Å²) in [6.45, 7) is 0.541. The zero-order chi connectivity index (χ0) is 27.0. The Morgan fingerprint density at radius 2 is 1.79 bits per heavy atom. The number of nitrogens with one attached hydrogen (secondary N) is 1. The third-order valence-corrected chi connectivity index (χ3v) is 7.69. The van der Waals surface area contributed by atoms with E-state index < -0.39 is 5.97 Å². The van der Waals surface area contributed by atoms with Gasteiger partial charge in [0.05, 0.1) is 18.8 Å². The highest BCUT2D eigenvalue weighted by Gasteiger charge is 2.28. The van der Waals surface area contributed by atoms with Crippen LogP contribution in [0.3, 0.4) is 0 Å². The molecule has 4 aromatic rings. The zero-order valence-electron chi connectivity index (χ0n) is 21.5. The fraction of sp³-hybridized carbons (Fsp3) is 0.300. The number of hydrogen-bond donors (Lipinski definition) is 2. The van der Waals surface area contributed by atoms with Gasteiger partial charge in [0.1, 0.15) is 13.2 Å². The first-order valence-corrected chi connectivity index (χ1v) is 14.0. The first-order chi connectivity index (χ1) is 19.1. The maximum Gasteiger partial charge on any atom is 0.356 e. The molecule has 2 heterocycles. The molecular weight excluding hydrogens is 514 g/mol. The lowest BCUT2D eigenvalue weighted by molar-refractivity contribution is -0.124. The highest BCUT2D eigenvalue weighted by molar-refractivity contribution is 7.13. The van der Waals surface area contributed by atoms with Crippen LogP contribution in [-0.4, -0.2) is 38.9 Å². The summed E-state index contributed by atoms with van der Waals surface area (Å²) < 4.78 is 13.5. The second kappa shape index (κ2) is 12.7. The second-order valence-electron chi connectivity index (χ2n) is 9.55. The summed E-state index contributed by atoms with van der Waals surface area (Å²) in [5.74, 6) is -1.22. The lowest BCUT2D eigenvalue weighted by atomic mass is 9.92. The fourth-order valence-corrected chi connectivity index (χ4v) is 5.62. The van der Waals surface area contributed by atoms with Crippen molar-refractivity contribution in [2.24, 2.45) is 0 Å². The molecule has 5 rings (SSSR count). The van der Waals surface area contributed by atoms with E-state index >= 15 is 0 Å². The van der Waals surface area contributed by atoms with Crippen LogP contribution in [0.5, 0.6) is 5.88 Å². The number of thiophene rings is 1. The summed E-state index contributed by atoms with van der Waals surface area (Å²) in [5, 5.41) is 18.7. The number of amides is 1. The van der Waals surface area contributed by atoms with Crippen LogP contribution in [0.4, 0.5) is 0 Å². The minimum Gasteiger partial charge on any atom is -0.476 e. The lowest BCUT2D eigenvalue weighted by Gasteiger charge is -2.32. The van der Waals surface area contributed by atoms with Gasteiger partial charge in [-0.3, -0.25) is 4.79 Å². The summed E-state index contributed by atoms with van der Waals surface area (Å²) in [7, 11) is 0. The molecule has 1 aliphatic rings. The highest BCUT2D eigenvalue weighted by Crippen LogP contribution is 2.29. The van der Waals surface area contributed by atoms with Crippen LogP contribution >= 0.6 is 11.3 Å². The summed E-state index contributed by atoms with van der Waals surface area (Å²) in [6.07, 6.45) is 3.69. The molecule has 2 aromatic carbocycles. The van der Waals surface area contributed by atoms with Gasteiger partial charge in [-0.05, 0) is 41.0 Å². The number of carboxylic acids is 1. The van der Waals surface area contributed by atoms with E-state index in [1.807, 2.05) is 72.1 Å². The van der Waals surface area contributed by atoms with Crippen molar-refractivity contribution in [1.29, 1.82) is 0 Å². The minimum absolute atomic E-state index is 0.0837. The molecule has 39 heavy (non-hydrogen) atoms. The number of rotatable bonds is 11. The number of ether oxygens (including phenoxy) is 2. The maximum absolute atomic E-state index is 13.1. The molecule has 0 spiro atoms. The Labute approximate surface area is 231 Å². The number of carboxylic acid groups (broad SMARTS) is 1. The molecule has 2 N–H and O–H groups in total. The largest absolute Gasteiger partial charge is 0.476 e. The Balaban J connectivity index is 1.25. The first-order valence-electron chi connectivity index (χ1n) is 13.1. The van der Waals surface area contributed by atoms with Gasteiger partial charge in [-0.25, -0.2) is 9.48 Å². The van der Waals surface area contributed by atoms with Crippen molar-refractivity contribution in [1.82, 2.24) is 15.1 Å². The molecule has 1 saturated carbocycles. The molecule has 0 unspecified atom stereocenters. The molecule has 202 valence electrons. The molecular formula is C30H31N3O5S. The number of carbonyl (C=O) groups excluding carboxylic acids is 1. The van der Waals surface area contributed by atoms with E-state index in [1.165, 1.54) is 10.7 Å². The summed E-state index contributed by atoms with van der Waals surface area (Å²) in [4.78, 5) is 25.8. The van der Waals surface area contributed by atoms with Crippen LogP contribution in [-0.2, 0) is 29.3 Å². The van der Waals surface area contributed by atoms with Gasteiger partial charge in [0.15, 0.2) is 5.69 Å². The van der Waals surface area contributed by atoms with Gasteiger partial charge in [0.2, 0.25) is 11.8 Å². The van der Waals surface area contributed by atoms with Crippen molar-refractivity contribution in [2.45, 2.75) is 57.6 Å². The predicted octanol–water partition coefficient (Wildman–Crippen LogP) is 5.53. The smallest absolute Gasteiger partial charge is 0.356 e. The average molecular weight is 546 g/mol. The maximum atomic E-state index is 13.1. The normalized spacial score (nSPS) is 17.0. The molecule has 1 amide bonds. The van der Waals surface area contributed by atoms with Crippen LogP contribution in [0.15, 0.2) is 78.2 Å². The quantitative estimate of drug-likeness (QED) is 0.257. The van der Waals surface area contributed by atoms with Crippen molar-refractivity contribution in [2.75, 3.05) is 0 Å². The molecule has 1 fully saturated rings. The van der Waals surface area contributed by atoms with Crippen molar-refractivity contribution in [3.8, 4) is 16.3 Å². The van der Waals surface area contributed by atoms with E-state index in [-0.39, 0.29) is 42.8 Å². The van der Waals surface area contributed by atoms with E-state index in [9.17, 15) is 14.7 Å². The molecule has 0 radical (unpaired) electrons. The van der Waals surface area contributed by atoms with Gasteiger partial charge in [-0.1, -0.05) is 73.5 Å². The Hall–Kier alpha value is -3.95. The fourth-order valence-electron chi connectivity index (χ4n) is 4.83. The van der Waals surface area contributed by atoms with Crippen LogP contribution in [0, 0.1) is 0 Å². The van der Waals surface area contributed by atoms with E-state index in [4.69, 9.17) is 9.47 Å². The minimum atomic E-state index is -1.18. The first kappa shape index (κ1) is 26.6. The number of carbonyl (C=O) groups is 2. The van der Waals surface area contributed by atoms with Crippen LogP contribution in [0.1, 0.15) is 47.3 Å². The van der Waals surface area contributed by atoms with Gasteiger partial charge in [0, 0.05) is 10.9 Å². The van der Waals surface area contributed by atoms with E-state index in [2.05, 4.69) is 10.4 Å². The van der Waals surface area contributed by atoms with E-state index in [0.717, 1.165) is 47.3 Å². The number of aromatic carboxylic acids is 1. The standard InChI is InChI=1S/C30H31N3O5S/c34-28(31-24-13-6-7-14-26(24)37-19-21-9-2-1-3-10-21)18-33-29(17-25(32-33)30(35)36)38-20-22-11-4-5-12-23(22)27-15-8-16-39-27/h1-5,8-12,15-17,24,26H,6-7,13-14,18-20H2,(H,31,34)(H,35,36)/t24-,26-/m0/s1. The molecule has 2 atom stereocenters. The van der Waals surface area contributed by atoms with Gasteiger partial charge in [-0.15, -0.1) is 11.3 Å². The van der Waals surface area contributed by atoms with Gasteiger partial charge >= 0.3 is 5.97 Å². The second-order valence-corrected chi connectivity index (χ2v) is 10.5. The molecule has 0 bridgehead atoms. The molecule has 0 saturated heterocycles. The molecule has 0 aliphatic heterocycles. The highest BCUT2D eigenvalue weighted by atomic mass is 32.1. The van der Waals surface area contributed by atoms with E-state index in [1.54, 1.807) is 11.3 Å². The summed E-state index contributed by atoms with van der Waals surface area (Å²) in [6, 6.07) is 23.2. The van der Waals surface area contributed by atoms with E-state index in [0.29, 0.717) is 6.61 Å². The number of hydrogen-bond acceptors (Lipinski definition) is 6. The number of nitrogens with zero attached hydrogens (tertiary/aromatic N) is 2. The monoisotopic (exact) mass is 545 g/mol. The molecule has 9 heteroatoms. The summed E-state index contributed by atoms with van der Waals surface area (Å²) in [5.41, 5.74) is 2.92. The Bertz CT molecular complexity index is 1390. The summed E-state index contributed by atoms with van der Waals surface area (Å²) >= 11 is 1.64. The van der Waals surface area contributed by atoms with Gasteiger partial charge < -0.3 is 19.9 Å². The van der Waals surface area contributed by atoms with Crippen LogP contribution < -0.4 is 10.1 Å². The van der Waals surface area contributed by atoms with Gasteiger partial charge in [0.25, 0.3) is 0 Å². The van der Waals surface area contributed by atoms with Crippen molar-refractivity contribution < 1.29 is 24.2 Å². The molecule has 8 nitrogen and oxygen atoms in total. The molecule has 2 aromatic heterocycles. The Kier molecular flexibility index (Phi) is 8.70. The molecule has 1 aliphatic carbocycles. The predicted molar refractivity (Wildman–Crippen MR) is 149 cm³/mol. The Morgan fingerprint density at radius 3 is 2.59 bits per heavy atom. The van der Waals surface area contributed by atoms with Crippen molar-refractivity contribution >= 4 is 23.2 Å². The number of aromatic nitrogens is 2. The lowest BCUT2D eigenvalue weighted by Crippen LogP contribution is -2.47. The number of benzene rings is 2. The average Bonchev–Trinajstić information content (AvgIpc) is 3.63. The van der Waals surface area contributed by atoms with Crippen molar-refractivity contribution in [3.63, 3.8) is 0 Å². The van der Waals surface area contributed by atoms with Gasteiger partial charge in [-0.2, -0.15) is 5.10 Å². The Morgan fingerprint density at radius 1 is 1.00 bits per heavy atom. The SMILES string of the molecule is O=C(Cn1nc(C(=O)O)cc1OCc1ccccc1-c1cccs1)N[C@H]1CCCC[C@@H]1OCc1ccccc1. The third-order valence-electron chi connectivity index (χ3n) is 6.79. The van der Waals surface area contributed by atoms with Crippen LogP contribution in [0.2, 0.25) is 0 Å². The van der Waals surface area contributed by atoms with Crippen molar-refractivity contribution in [3.05, 3.63) is 95.0 Å².